The highest BCUT2D eigenvalue weighted by molar-refractivity contribution is 9.08. The number of halogens is 2. The number of alkyl halides is 1. The van der Waals surface area contributed by atoms with Gasteiger partial charge in [0.15, 0.2) is 0 Å². The molecule has 1 N–H and O–H groups in total. The van der Waals surface area contributed by atoms with Gasteiger partial charge in [0.05, 0.1) is 0 Å². The van der Waals surface area contributed by atoms with E-state index in [0.29, 0.717) is 0 Å². The van der Waals surface area contributed by atoms with Gasteiger partial charge in [0.25, 0.3) is 0 Å². The molecule has 0 aliphatic rings. The monoisotopic (exact) mass is 357 g/mol. The lowest BCUT2D eigenvalue weighted by atomic mass is 10.2. The van der Waals surface area contributed by atoms with Gasteiger partial charge in [0, 0.05) is 11.9 Å². The maximum atomic E-state index is 13.5. The Bertz CT molecular complexity index is 687. The fraction of sp³-hybridized carbons (Fsp3) is 0.143. The van der Waals surface area contributed by atoms with Crippen LogP contribution in [0, 0.1) is 5.82 Å². The Balaban J connectivity index is 2.11. The van der Waals surface area contributed by atoms with Crippen LogP contribution in [0.5, 0.6) is 0 Å². The van der Waals surface area contributed by atoms with Crippen molar-refractivity contribution >= 4 is 26.0 Å². The van der Waals surface area contributed by atoms with Crippen LogP contribution < -0.4 is 4.72 Å². The average Bonchev–Trinajstić information content (AvgIpc) is 2.46. The van der Waals surface area contributed by atoms with Crippen LogP contribution in [-0.4, -0.2) is 8.42 Å². The second-order valence-electron chi connectivity index (χ2n) is 4.21. The second-order valence-corrected chi connectivity index (χ2v) is 6.50. The maximum absolute atomic E-state index is 13.5. The van der Waals surface area contributed by atoms with Crippen molar-refractivity contribution in [3.05, 3.63) is 65.5 Å². The summed E-state index contributed by atoms with van der Waals surface area (Å²) < 4.78 is 39.9. The third kappa shape index (κ3) is 3.65. The summed E-state index contributed by atoms with van der Waals surface area (Å²) >= 11 is 3.34. The fourth-order valence-electron chi connectivity index (χ4n) is 1.66. The maximum Gasteiger partial charge on any atom is 0.243 e. The molecule has 0 bridgehead atoms. The van der Waals surface area contributed by atoms with Crippen molar-refractivity contribution in [1.29, 1.82) is 0 Å². The predicted molar refractivity (Wildman–Crippen MR) is 79.5 cm³/mol. The van der Waals surface area contributed by atoms with E-state index < -0.39 is 15.8 Å². The van der Waals surface area contributed by atoms with Crippen LogP contribution in [0.25, 0.3) is 0 Å². The van der Waals surface area contributed by atoms with Crippen molar-refractivity contribution in [1.82, 2.24) is 4.72 Å². The van der Waals surface area contributed by atoms with Crippen molar-refractivity contribution in [3.63, 3.8) is 0 Å². The standard InChI is InChI=1S/C14H13BrFNO2S/c15-9-11-5-7-12(8-6-11)10-17-20(18,19)14-4-2-1-3-13(14)16/h1-8,17H,9-10H2. The second kappa shape index (κ2) is 6.47. The van der Waals surface area contributed by atoms with Gasteiger partial charge in [-0.25, -0.2) is 17.5 Å². The van der Waals surface area contributed by atoms with E-state index in [2.05, 4.69) is 20.7 Å². The van der Waals surface area contributed by atoms with E-state index in [9.17, 15) is 12.8 Å². The molecular formula is C14H13BrFNO2S. The number of sulfonamides is 1. The third-order valence-electron chi connectivity index (χ3n) is 2.77. The summed E-state index contributed by atoms with van der Waals surface area (Å²) in [6.45, 7) is 0.124. The van der Waals surface area contributed by atoms with Gasteiger partial charge >= 0.3 is 0 Å². The van der Waals surface area contributed by atoms with Gasteiger partial charge in [-0.3, -0.25) is 0 Å². The van der Waals surface area contributed by atoms with E-state index in [0.717, 1.165) is 22.5 Å². The summed E-state index contributed by atoms with van der Waals surface area (Å²) in [7, 11) is -3.84. The van der Waals surface area contributed by atoms with E-state index in [4.69, 9.17) is 0 Å². The number of hydrogen-bond donors (Lipinski definition) is 1. The Labute approximate surface area is 126 Å². The zero-order chi connectivity index (χ0) is 14.6. The van der Waals surface area contributed by atoms with Crippen molar-refractivity contribution in [2.45, 2.75) is 16.8 Å². The summed E-state index contributed by atoms with van der Waals surface area (Å²) in [4.78, 5) is -0.336. The predicted octanol–water partition coefficient (Wildman–Crippen LogP) is 3.20. The molecule has 2 aromatic carbocycles. The summed E-state index contributed by atoms with van der Waals surface area (Å²) in [5, 5.41) is 0.744. The summed E-state index contributed by atoms with van der Waals surface area (Å²) in [5.74, 6) is -0.755. The van der Waals surface area contributed by atoms with Gasteiger partial charge in [0.1, 0.15) is 10.7 Å². The number of rotatable bonds is 5. The van der Waals surface area contributed by atoms with Crippen LogP contribution in [-0.2, 0) is 21.9 Å². The molecule has 0 amide bonds. The van der Waals surface area contributed by atoms with Crippen LogP contribution in [0.15, 0.2) is 53.4 Å². The lowest BCUT2D eigenvalue weighted by molar-refractivity contribution is 0.557. The third-order valence-corrected chi connectivity index (χ3v) is 4.85. The first-order valence-corrected chi connectivity index (χ1v) is 8.51. The Morgan fingerprint density at radius 3 is 2.20 bits per heavy atom. The molecule has 106 valence electrons. The summed E-state index contributed by atoms with van der Waals surface area (Å²) in [5.41, 5.74) is 1.92. The van der Waals surface area contributed by atoms with Crippen LogP contribution in [0.1, 0.15) is 11.1 Å². The molecule has 0 saturated heterocycles. The summed E-state index contributed by atoms with van der Waals surface area (Å²) in [6.07, 6.45) is 0. The highest BCUT2D eigenvalue weighted by atomic mass is 79.9. The first kappa shape index (κ1) is 15.2. The van der Waals surface area contributed by atoms with Crippen LogP contribution in [0.3, 0.4) is 0 Å². The molecule has 0 spiro atoms. The minimum absolute atomic E-state index is 0.124. The van der Waals surface area contributed by atoms with Crippen molar-refractivity contribution < 1.29 is 12.8 Å². The SMILES string of the molecule is O=S(=O)(NCc1ccc(CBr)cc1)c1ccccc1F. The highest BCUT2D eigenvalue weighted by Gasteiger charge is 2.17. The van der Waals surface area contributed by atoms with Gasteiger partial charge in [0.2, 0.25) is 10.0 Å². The Hall–Kier alpha value is -1.24. The zero-order valence-electron chi connectivity index (χ0n) is 10.5. The molecule has 6 heteroatoms. The highest BCUT2D eigenvalue weighted by Crippen LogP contribution is 2.14. The van der Waals surface area contributed by atoms with Crippen molar-refractivity contribution in [3.8, 4) is 0 Å². The van der Waals surface area contributed by atoms with E-state index in [1.807, 2.05) is 24.3 Å². The molecule has 0 fully saturated rings. The quantitative estimate of drug-likeness (QED) is 0.835. The van der Waals surface area contributed by atoms with E-state index >= 15 is 0 Å². The molecule has 0 heterocycles. The molecule has 0 radical (unpaired) electrons. The van der Waals surface area contributed by atoms with Gasteiger partial charge in [-0.05, 0) is 23.3 Å². The van der Waals surface area contributed by atoms with Gasteiger partial charge in [-0.1, -0.05) is 52.3 Å². The van der Waals surface area contributed by atoms with Gasteiger partial charge in [-0.2, -0.15) is 0 Å². The van der Waals surface area contributed by atoms with Crippen molar-refractivity contribution in [2.75, 3.05) is 0 Å². The molecule has 20 heavy (non-hydrogen) atoms. The Morgan fingerprint density at radius 2 is 1.60 bits per heavy atom. The molecular weight excluding hydrogens is 345 g/mol. The first-order chi connectivity index (χ1) is 9.53. The molecule has 0 aliphatic heterocycles. The molecule has 0 aromatic heterocycles. The van der Waals surface area contributed by atoms with Crippen LogP contribution in [0.2, 0.25) is 0 Å². The lowest BCUT2D eigenvalue weighted by Gasteiger charge is -2.08. The first-order valence-electron chi connectivity index (χ1n) is 5.91. The molecule has 0 unspecified atom stereocenters. The number of hydrogen-bond acceptors (Lipinski definition) is 2. The molecule has 0 atom stereocenters. The van der Waals surface area contributed by atoms with Crippen LogP contribution >= 0.6 is 15.9 Å². The largest absolute Gasteiger partial charge is 0.243 e. The van der Waals surface area contributed by atoms with E-state index in [-0.39, 0.29) is 11.4 Å². The number of benzene rings is 2. The van der Waals surface area contributed by atoms with E-state index in [1.54, 1.807) is 0 Å². The fourth-order valence-corrected chi connectivity index (χ4v) is 3.13. The van der Waals surface area contributed by atoms with Gasteiger partial charge in [-0.15, -0.1) is 0 Å². The number of nitrogens with one attached hydrogen (secondary N) is 1. The minimum Gasteiger partial charge on any atom is -0.207 e. The smallest absolute Gasteiger partial charge is 0.207 e. The van der Waals surface area contributed by atoms with Crippen molar-refractivity contribution in [2.24, 2.45) is 0 Å². The Kier molecular flexibility index (Phi) is 4.91. The van der Waals surface area contributed by atoms with Gasteiger partial charge < -0.3 is 0 Å². The van der Waals surface area contributed by atoms with Crippen LogP contribution in [0.4, 0.5) is 4.39 Å². The topological polar surface area (TPSA) is 46.2 Å². The average molecular weight is 358 g/mol. The molecule has 2 rings (SSSR count). The summed E-state index contributed by atoms with van der Waals surface area (Å²) in [6, 6.07) is 12.8. The molecule has 0 saturated carbocycles. The lowest BCUT2D eigenvalue weighted by Crippen LogP contribution is -2.24. The molecule has 0 aliphatic carbocycles. The Morgan fingerprint density at radius 1 is 1.00 bits per heavy atom. The molecule has 3 nitrogen and oxygen atoms in total. The zero-order valence-corrected chi connectivity index (χ0v) is 12.9. The normalized spacial score (nSPS) is 11.5. The molecule has 2 aromatic rings. The minimum atomic E-state index is -3.84. The van der Waals surface area contributed by atoms with E-state index in [1.165, 1.54) is 18.2 Å².